The molecule has 0 amide bonds. The topological polar surface area (TPSA) is 20.3 Å². The predicted molar refractivity (Wildman–Crippen MR) is 134 cm³/mol. The van der Waals surface area contributed by atoms with Crippen molar-refractivity contribution in [2.75, 3.05) is 11.9 Å². The highest BCUT2D eigenvalue weighted by Crippen LogP contribution is 2.29. The lowest BCUT2D eigenvalue weighted by atomic mass is 9.98. The number of allylic oxidation sites excluding steroid dienone is 3. The van der Waals surface area contributed by atoms with Crippen molar-refractivity contribution < 1.29 is 4.79 Å². The van der Waals surface area contributed by atoms with Crippen molar-refractivity contribution in [3.05, 3.63) is 150 Å². The molecule has 2 nitrogen and oxygen atoms in total. The maximum Gasteiger partial charge on any atom is 0.186 e. The van der Waals surface area contributed by atoms with Crippen LogP contribution in [0.25, 0.3) is 11.3 Å². The number of hydrogen-bond acceptors (Lipinski definition) is 2. The molecule has 0 aliphatic heterocycles. The Morgan fingerprint density at radius 1 is 0.562 bits per heavy atom. The maximum atomic E-state index is 13.1. The highest BCUT2D eigenvalue weighted by Gasteiger charge is 2.13. The second-order valence-electron chi connectivity index (χ2n) is 7.49. The molecule has 0 aromatic heterocycles. The lowest BCUT2D eigenvalue weighted by Gasteiger charge is -2.24. The lowest BCUT2D eigenvalue weighted by Crippen LogP contribution is -2.15. The van der Waals surface area contributed by atoms with Gasteiger partial charge in [-0.15, -0.1) is 0 Å². The number of carbonyl (C=O) groups is 1. The molecule has 4 aromatic carbocycles. The summed E-state index contributed by atoms with van der Waals surface area (Å²) < 4.78 is 0. The Kier molecular flexibility index (Phi) is 6.74. The molecule has 0 radical (unpaired) electrons. The van der Waals surface area contributed by atoms with Gasteiger partial charge >= 0.3 is 0 Å². The standard InChI is InChI=1S/C30H25NO/c1-31(28-20-12-5-13-21-28)29(25-16-8-3-9-17-25)22-27(24-14-6-2-7-15-24)23-30(32)26-18-10-4-11-19-26/h2-23H,1H3/b27-23-,29-22+. The number of hydrogen-bond donors (Lipinski definition) is 0. The van der Waals surface area contributed by atoms with Gasteiger partial charge in [-0.25, -0.2) is 0 Å². The summed E-state index contributed by atoms with van der Waals surface area (Å²) in [5.41, 5.74) is 5.68. The first-order valence-electron chi connectivity index (χ1n) is 10.6. The Morgan fingerprint density at radius 2 is 1.00 bits per heavy atom. The van der Waals surface area contributed by atoms with Gasteiger partial charge in [0.25, 0.3) is 0 Å². The molecule has 32 heavy (non-hydrogen) atoms. The fourth-order valence-electron chi connectivity index (χ4n) is 3.59. The molecular weight excluding hydrogens is 390 g/mol. The van der Waals surface area contributed by atoms with E-state index in [-0.39, 0.29) is 5.78 Å². The summed E-state index contributed by atoms with van der Waals surface area (Å²) >= 11 is 0. The van der Waals surface area contributed by atoms with Gasteiger partial charge in [-0.05, 0) is 41.0 Å². The van der Waals surface area contributed by atoms with Crippen LogP contribution in [0.5, 0.6) is 0 Å². The average molecular weight is 416 g/mol. The first-order valence-corrected chi connectivity index (χ1v) is 10.6. The Hall–Kier alpha value is -4.17. The van der Waals surface area contributed by atoms with Gasteiger partial charge in [0.15, 0.2) is 5.78 Å². The molecule has 0 fully saturated rings. The molecule has 0 aliphatic carbocycles. The lowest BCUT2D eigenvalue weighted by molar-refractivity contribution is 0.104. The van der Waals surface area contributed by atoms with Crippen LogP contribution in [0.15, 0.2) is 133 Å². The first kappa shape index (κ1) is 21.1. The Labute approximate surface area is 189 Å². The summed E-state index contributed by atoms with van der Waals surface area (Å²) in [7, 11) is 2.05. The fraction of sp³-hybridized carbons (Fsp3) is 0.0333. The average Bonchev–Trinajstić information content (AvgIpc) is 2.88. The number of para-hydroxylation sites is 1. The summed E-state index contributed by atoms with van der Waals surface area (Å²) in [5.74, 6) is -0.0181. The zero-order valence-electron chi connectivity index (χ0n) is 18.1. The van der Waals surface area contributed by atoms with Crippen molar-refractivity contribution in [2.45, 2.75) is 0 Å². The van der Waals surface area contributed by atoms with E-state index in [0.29, 0.717) is 5.56 Å². The van der Waals surface area contributed by atoms with Gasteiger partial charge in [-0.2, -0.15) is 0 Å². The van der Waals surface area contributed by atoms with Crippen LogP contribution in [0.3, 0.4) is 0 Å². The van der Waals surface area contributed by atoms with Crippen LogP contribution in [0, 0.1) is 0 Å². The predicted octanol–water partition coefficient (Wildman–Crippen LogP) is 7.13. The normalized spacial score (nSPS) is 11.8. The van der Waals surface area contributed by atoms with Crippen molar-refractivity contribution in [2.24, 2.45) is 0 Å². The second-order valence-corrected chi connectivity index (χ2v) is 7.49. The van der Waals surface area contributed by atoms with E-state index in [1.54, 1.807) is 6.08 Å². The van der Waals surface area contributed by atoms with Crippen LogP contribution in [-0.4, -0.2) is 12.8 Å². The Balaban J connectivity index is 1.86. The third-order valence-electron chi connectivity index (χ3n) is 5.32. The highest BCUT2D eigenvalue weighted by atomic mass is 16.1. The minimum Gasteiger partial charge on any atom is -0.344 e. The van der Waals surface area contributed by atoms with E-state index in [1.165, 1.54) is 0 Å². The molecule has 0 heterocycles. The Morgan fingerprint density at radius 3 is 1.53 bits per heavy atom. The van der Waals surface area contributed by atoms with Crippen molar-refractivity contribution in [1.29, 1.82) is 0 Å². The monoisotopic (exact) mass is 415 g/mol. The molecule has 0 aliphatic rings. The van der Waals surface area contributed by atoms with Crippen LogP contribution in [0.4, 0.5) is 5.69 Å². The fourth-order valence-corrected chi connectivity index (χ4v) is 3.59. The molecule has 0 bridgehead atoms. The van der Waals surface area contributed by atoms with E-state index in [0.717, 1.165) is 28.1 Å². The maximum absolute atomic E-state index is 13.1. The van der Waals surface area contributed by atoms with Gasteiger partial charge in [0.2, 0.25) is 0 Å². The van der Waals surface area contributed by atoms with Gasteiger partial charge in [0, 0.05) is 24.0 Å². The van der Waals surface area contributed by atoms with Gasteiger partial charge in [-0.1, -0.05) is 109 Å². The first-order chi connectivity index (χ1) is 15.7. The van der Waals surface area contributed by atoms with Crippen LogP contribution < -0.4 is 4.90 Å². The molecular formula is C30H25NO. The molecule has 156 valence electrons. The molecule has 0 atom stereocenters. The molecule has 0 spiro atoms. The van der Waals surface area contributed by atoms with Crippen molar-refractivity contribution >= 4 is 22.7 Å². The minimum atomic E-state index is -0.0181. The zero-order chi connectivity index (χ0) is 22.2. The molecule has 2 heteroatoms. The van der Waals surface area contributed by atoms with E-state index < -0.39 is 0 Å². The van der Waals surface area contributed by atoms with E-state index >= 15 is 0 Å². The van der Waals surface area contributed by atoms with Crippen LogP contribution >= 0.6 is 0 Å². The van der Waals surface area contributed by atoms with Gasteiger partial charge in [0.1, 0.15) is 0 Å². The van der Waals surface area contributed by atoms with E-state index in [4.69, 9.17) is 0 Å². The summed E-state index contributed by atoms with van der Waals surface area (Å²) in [5, 5.41) is 0. The van der Waals surface area contributed by atoms with Crippen molar-refractivity contribution in [3.63, 3.8) is 0 Å². The number of rotatable bonds is 7. The van der Waals surface area contributed by atoms with Crippen LogP contribution in [0.2, 0.25) is 0 Å². The smallest absolute Gasteiger partial charge is 0.186 e. The number of carbonyl (C=O) groups excluding carboxylic acids is 1. The highest BCUT2D eigenvalue weighted by molar-refractivity contribution is 6.10. The zero-order valence-corrected chi connectivity index (χ0v) is 18.1. The minimum absolute atomic E-state index is 0.0181. The third-order valence-corrected chi connectivity index (χ3v) is 5.32. The molecule has 0 saturated heterocycles. The number of nitrogens with zero attached hydrogens (tertiary/aromatic N) is 1. The molecule has 4 aromatic rings. The quantitative estimate of drug-likeness (QED) is 0.182. The summed E-state index contributed by atoms with van der Waals surface area (Å²) in [6.07, 6.45) is 3.82. The molecule has 0 unspecified atom stereocenters. The van der Waals surface area contributed by atoms with Gasteiger partial charge < -0.3 is 4.90 Å². The van der Waals surface area contributed by atoms with E-state index in [2.05, 4.69) is 42.3 Å². The third kappa shape index (κ3) is 5.11. The van der Waals surface area contributed by atoms with Crippen LogP contribution in [0.1, 0.15) is 21.5 Å². The largest absolute Gasteiger partial charge is 0.344 e. The van der Waals surface area contributed by atoms with E-state index in [9.17, 15) is 4.79 Å². The molecule has 0 saturated carbocycles. The molecule has 4 rings (SSSR count). The Bertz CT molecular complexity index is 1210. The van der Waals surface area contributed by atoms with Crippen molar-refractivity contribution in [1.82, 2.24) is 0 Å². The summed E-state index contributed by atoms with van der Waals surface area (Å²) in [4.78, 5) is 15.2. The van der Waals surface area contributed by atoms with Crippen LogP contribution in [-0.2, 0) is 0 Å². The summed E-state index contributed by atoms with van der Waals surface area (Å²) in [6.45, 7) is 0. The van der Waals surface area contributed by atoms with E-state index in [1.807, 2.05) is 97.1 Å². The van der Waals surface area contributed by atoms with Gasteiger partial charge in [0.05, 0.1) is 0 Å². The van der Waals surface area contributed by atoms with Crippen molar-refractivity contribution in [3.8, 4) is 0 Å². The SMILES string of the molecule is CN(/C(=C/C(=C/C(=O)c1ccccc1)c1ccccc1)c1ccccc1)c1ccccc1. The summed E-state index contributed by atoms with van der Waals surface area (Å²) in [6, 6.07) is 39.9. The molecule has 0 N–H and O–H groups in total. The van der Waals surface area contributed by atoms with Gasteiger partial charge in [-0.3, -0.25) is 4.79 Å². The number of anilines is 1. The number of benzene rings is 4. The number of ketones is 1. The second kappa shape index (κ2) is 10.2.